The minimum absolute atomic E-state index is 0.0769. The van der Waals surface area contributed by atoms with Crippen LogP contribution < -0.4 is 15.4 Å². The van der Waals surface area contributed by atoms with Crippen molar-refractivity contribution < 1.29 is 80.9 Å². The zero-order chi connectivity index (χ0) is 54.5. The van der Waals surface area contributed by atoms with E-state index >= 15 is 0 Å². The number of ether oxygens (including phenoxy) is 10. The molecule has 0 spiro atoms. The molecule has 0 fully saturated rings. The monoisotopic (exact) mass is 1020 g/mol. The zero-order valence-electron chi connectivity index (χ0n) is 44.6. The maximum Gasteiger partial charge on any atom is 0.437 e. The van der Waals surface area contributed by atoms with Crippen LogP contribution in [0.2, 0.25) is 0 Å². The van der Waals surface area contributed by atoms with E-state index in [1.54, 1.807) is 116 Å². The highest BCUT2D eigenvalue weighted by molar-refractivity contribution is 6.06. The van der Waals surface area contributed by atoms with Gasteiger partial charge < -0.3 is 52.7 Å². The molecule has 1 atom stereocenters. The van der Waals surface area contributed by atoms with E-state index < -0.39 is 76.7 Å². The van der Waals surface area contributed by atoms with Crippen LogP contribution in [0, 0.1) is 0 Å². The van der Waals surface area contributed by atoms with Crippen LogP contribution in [0.25, 0.3) is 0 Å². The SMILES string of the molecule is CC(C)(C)OC(=O)CCOCCOCCOCCN(C(=O)OCc1ccc(OC(=O)c2ccc(NC(=NC(=O)OC(C)(C)C)NC(=O)OC(C)(C)C)cc2)cc1)C(CC(=O)OC(C)(C)C)C(=O)OC(C)(C)C. The van der Waals surface area contributed by atoms with E-state index in [0.717, 1.165) is 4.90 Å². The zero-order valence-corrected chi connectivity index (χ0v) is 44.6. The van der Waals surface area contributed by atoms with Gasteiger partial charge in [-0.1, -0.05) is 12.1 Å². The highest BCUT2D eigenvalue weighted by Gasteiger charge is 2.37. The number of hydrogen-bond donors (Lipinski definition) is 2. The fourth-order valence-corrected chi connectivity index (χ4v) is 5.60. The maximum atomic E-state index is 13.8. The molecule has 0 aliphatic heterocycles. The maximum absolute atomic E-state index is 13.8. The first-order valence-corrected chi connectivity index (χ1v) is 23.5. The van der Waals surface area contributed by atoms with E-state index in [1.165, 1.54) is 36.4 Å². The summed E-state index contributed by atoms with van der Waals surface area (Å²) in [7, 11) is 0. The number of hydrogen-bond acceptors (Lipinski definition) is 17. The van der Waals surface area contributed by atoms with E-state index in [9.17, 15) is 33.6 Å². The number of benzene rings is 2. The summed E-state index contributed by atoms with van der Waals surface area (Å²) < 4.78 is 54.8. The van der Waals surface area contributed by atoms with Crippen LogP contribution in [0.3, 0.4) is 0 Å². The molecule has 0 heterocycles. The minimum atomic E-state index is -1.45. The van der Waals surface area contributed by atoms with Crippen molar-refractivity contribution in [1.82, 2.24) is 10.2 Å². The normalized spacial score (nSPS) is 12.7. The molecule has 0 bridgehead atoms. The van der Waals surface area contributed by atoms with Crippen molar-refractivity contribution in [2.75, 3.05) is 51.5 Å². The summed E-state index contributed by atoms with van der Waals surface area (Å²) in [5.74, 6) is -2.79. The van der Waals surface area contributed by atoms with E-state index in [1.807, 2.05) is 0 Å². The number of guanidine groups is 1. The molecule has 2 aromatic rings. The van der Waals surface area contributed by atoms with Gasteiger partial charge in [-0.25, -0.2) is 24.0 Å². The molecule has 2 rings (SSSR count). The second-order valence-corrected chi connectivity index (χ2v) is 21.1. The molecular formula is C51H76N4O17. The molecule has 0 radical (unpaired) electrons. The number of anilines is 1. The Balaban J connectivity index is 2.12. The molecule has 3 amide bonds. The molecule has 0 aliphatic rings. The Kier molecular flexibility index (Phi) is 24.1. The van der Waals surface area contributed by atoms with Crippen molar-refractivity contribution in [2.45, 2.75) is 157 Å². The third kappa shape index (κ3) is 28.5. The Morgan fingerprint density at radius 2 is 1.07 bits per heavy atom. The van der Waals surface area contributed by atoms with Crippen molar-refractivity contribution in [3.63, 3.8) is 0 Å². The summed E-state index contributed by atoms with van der Waals surface area (Å²) in [6, 6.07) is 10.6. The summed E-state index contributed by atoms with van der Waals surface area (Å²) in [4.78, 5) is 95.4. The molecule has 402 valence electrons. The van der Waals surface area contributed by atoms with Crippen LogP contribution in [0.1, 0.15) is 133 Å². The fourth-order valence-electron chi connectivity index (χ4n) is 5.60. The average molecular weight is 1020 g/mol. The topological polar surface area (TPSA) is 251 Å². The van der Waals surface area contributed by atoms with Crippen LogP contribution in [-0.2, 0) is 63.6 Å². The van der Waals surface area contributed by atoms with Gasteiger partial charge in [-0.3, -0.25) is 19.8 Å². The van der Waals surface area contributed by atoms with Crippen LogP contribution in [-0.4, -0.2) is 133 Å². The molecule has 2 N–H and O–H groups in total. The predicted molar refractivity (Wildman–Crippen MR) is 264 cm³/mol. The molecule has 21 heteroatoms. The number of carbonyl (C=O) groups is 7. The van der Waals surface area contributed by atoms with Gasteiger partial charge >= 0.3 is 42.2 Å². The van der Waals surface area contributed by atoms with Gasteiger partial charge in [0.15, 0.2) is 0 Å². The standard InChI is InChI=1S/C51H76N4O17/c1-47(2,3)68-39(56)24-26-63-28-30-65-31-29-64-27-25-55(38(42(59)70-49(7,8)9)32-40(57)69-48(4,5)6)46(62)66-33-34-16-22-37(23-17-34)67-41(58)35-18-20-36(21-19-35)52-43(53-44(60)71-50(10,11)12)54-45(61)72-51(13,14)15/h16-23,38H,24-33H2,1-15H3,(H2,52,53,54,60,61). The Morgan fingerprint density at radius 1 is 0.569 bits per heavy atom. The van der Waals surface area contributed by atoms with Crippen molar-refractivity contribution in [2.24, 2.45) is 4.99 Å². The van der Waals surface area contributed by atoms with Crippen LogP contribution in [0.15, 0.2) is 53.5 Å². The number of alkyl carbamates (subject to hydrolysis) is 1. The van der Waals surface area contributed by atoms with Crippen molar-refractivity contribution in [3.8, 4) is 5.75 Å². The molecule has 1 unspecified atom stereocenters. The van der Waals surface area contributed by atoms with Crippen LogP contribution in [0.5, 0.6) is 5.75 Å². The summed E-state index contributed by atoms with van der Waals surface area (Å²) in [6.45, 7) is 25.8. The lowest BCUT2D eigenvalue weighted by molar-refractivity contribution is -0.168. The molecular weight excluding hydrogens is 941 g/mol. The number of esters is 4. The Labute approximate surface area is 423 Å². The smallest absolute Gasteiger partial charge is 0.437 e. The lowest BCUT2D eigenvalue weighted by Crippen LogP contribution is -2.50. The van der Waals surface area contributed by atoms with E-state index in [0.29, 0.717) is 11.3 Å². The highest BCUT2D eigenvalue weighted by Crippen LogP contribution is 2.21. The highest BCUT2D eigenvalue weighted by atomic mass is 16.6. The van der Waals surface area contributed by atoms with E-state index in [2.05, 4.69) is 15.6 Å². The summed E-state index contributed by atoms with van der Waals surface area (Å²) in [6.07, 6.45) is -3.22. The minimum Gasteiger partial charge on any atom is -0.460 e. The van der Waals surface area contributed by atoms with Gasteiger partial charge in [0.2, 0.25) is 5.96 Å². The van der Waals surface area contributed by atoms with Gasteiger partial charge in [0.1, 0.15) is 46.4 Å². The first-order valence-electron chi connectivity index (χ1n) is 23.5. The van der Waals surface area contributed by atoms with Crippen molar-refractivity contribution in [3.05, 3.63) is 59.7 Å². The van der Waals surface area contributed by atoms with Gasteiger partial charge in [-0.2, -0.15) is 0 Å². The molecule has 0 aliphatic carbocycles. The lowest BCUT2D eigenvalue weighted by atomic mass is 10.1. The number of nitrogens with zero attached hydrogens (tertiary/aromatic N) is 2. The Hall–Kier alpha value is -6.32. The molecule has 2 aromatic carbocycles. The number of nitrogens with one attached hydrogen (secondary N) is 2. The van der Waals surface area contributed by atoms with E-state index in [-0.39, 0.29) is 82.5 Å². The van der Waals surface area contributed by atoms with Crippen molar-refractivity contribution in [1.29, 1.82) is 0 Å². The third-order valence-corrected chi connectivity index (χ3v) is 8.26. The van der Waals surface area contributed by atoms with Crippen LogP contribution in [0.4, 0.5) is 20.1 Å². The number of aliphatic imine (C=N–C) groups is 1. The third-order valence-electron chi connectivity index (χ3n) is 8.26. The summed E-state index contributed by atoms with van der Waals surface area (Å²) in [5, 5.41) is 5.20. The summed E-state index contributed by atoms with van der Waals surface area (Å²) >= 11 is 0. The number of amides is 3. The molecule has 0 saturated carbocycles. The quantitative estimate of drug-likeness (QED) is 0.0298. The Bertz CT molecular complexity index is 2120. The van der Waals surface area contributed by atoms with Crippen LogP contribution >= 0.6 is 0 Å². The summed E-state index contributed by atoms with van der Waals surface area (Å²) in [5.41, 5.74) is -3.12. The molecule has 0 aromatic heterocycles. The van der Waals surface area contributed by atoms with Crippen molar-refractivity contribution >= 4 is 53.8 Å². The molecule has 72 heavy (non-hydrogen) atoms. The first-order chi connectivity index (χ1) is 33.2. The van der Waals surface area contributed by atoms with Gasteiger partial charge in [0.05, 0.1) is 58.0 Å². The molecule has 21 nitrogen and oxygen atoms in total. The fraction of sp³-hybridized carbons (Fsp3) is 0.608. The number of rotatable bonds is 21. The number of carbonyl (C=O) groups excluding carboxylic acids is 7. The van der Waals surface area contributed by atoms with Gasteiger partial charge in [0.25, 0.3) is 0 Å². The first kappa shape index (κ1) is 61.8. The second-order valence-electron chi connectivity index (χ2n) is 21.1. The van der Waals surface area contributed by atoms with Gasteiger partial charge in [-0.15, -0.1) is 4.99 Å². The second kappa shape index (κ2) is 28.1. The molecule has 0 saturated heterocycles. The predicted octanol–water partition coefficient (Wildman–Crippen LogP) is 8.30. The van der Waals surface area contributed by atoms with Gasteiger partial charge in [0, 0.05) is 12.2 Å². The Morgan fingerprint density at radius 3 is 1.60 bits per heavy atom. The largest absolute Gasteiger partial charge is 0.460 e. The average Bonchev–Trinajstić information content (AvgIpc) is 3.20. The van der Waals surface area contributed by atoms with E-state index in [4.69, 9.17) is 47.4 Å². The lowest BCUT2D eigenvalue weighted by Gasteiger charge is -2.32. The van der Waals surface area contributed by atoms with Gasteiger partial charge in [-0.05, 0) is 146 Å².